The maximum Gasteiger partial charge on any atom is 0.131 e. The van der Waals surface area contributed by atoms with Crippen LogP contribution in [0.5, 0.6) is 23.0 Å². The van der Waals surface area contributed by atoms with Gasteiger partial charge in [-0.15, -0.1) is 0 Å². The van der Waals surface area contributed by atoms with Gasteiger partial charge in [0.2, 0.25) is 0 Å². The summed E-state index contributed by atoms with van der Waals surface area (Å²) < 4.78 is 0. The van der Waals surface area contributed by atoms with Crippen LogP contribution in [0.3, 0.4) is 0 Å². The van der Waals surface area contributed by atoms with Gasteiger partial charge in [-0.3, -0.25) is 0 Å². The van der Waals surface area contributed by atoms with Crippen LogP contribution in [0.25, 0.3) is 11.1 Å². The molecule has 4 N–H and O–H groups in total. The zero-order chi connectivity index (χ0) is 33.7. The van der Waals surface area contributed by atoms with Gasteiger partial charge in [0.25, 0.3) is 0 Å². The third-order valence-corrected chi connectivity index (χ3v) is 11.9. The minimum absolute atomic E-state index is 0.0546. The number of hydrogen-bond acceptors (Lipinski definition) is 4. The van der Waals surface area contributed by atoms with Crippen molar-refractivity contribution in [3.05, 3.63) is 34.4 Å². The molecule has 2 aromatic carbocycles. The van der Waals surface area contributed by atoms with Gasteiger partial charge in [0.05, 0.1) is 0 Å². The molecule has 0 spiro atoms. The molecule has 0 saturated heterocycles. The van der Waals surface area contributed by atoms with Crippen molar-refractivity contribution in [3.8, 4) is 34.1 Å². The van der Waals surface area contributed by atoms with Crippen LogP contribution in [-0.4, -0.2) is 20.4 Å². The Hall–Kier alpha value is -2.36. The number of hydrogen-bond donors (Lipinski definition) is 4. The summed E-state index contributed by atoms with van der Waals surface area (Å²) >= 11 is 0. The molecule has 6 atom stereocenters. The third kappa shape index (κ3) is 7.84. The molecule has 2 aliphatic rings. The van der Waals surface area contributed by atoms with Gasteiger partial charge in [-0.2, -0.15) is 0 Å². The van der Waals surface area contributed by atoms with E-state index < -0.39 is 0 Å². The molecule has 2 aliphatic carbocycles. The molecule has 0 aromatic heterocycles. The van der Waals surface area contributed by atoms with Crippen LogP contribution in [0.1, 0.15) is 167 Å². The van der Waals surface area contributed by atoms with Crippen LogP contribution in [0, 0.1) is 35.5 Å². The Kier molecular flexibility index (Phi) is 12.8. The first-order valence-electron chi connectivity index (χ1n) is 19.1. The number of rotatable bonds is 13. The van der Waals surface area contributed by atoms with Gasteiger partial charge in [-0.1, -0.05) is 93.9 Å². The summed E-state index contributed by atoms with van der Waals surface area (Å²) in [6.07, 6.45) is 14.0. The van der Waals surface area contributed by atoms with Crippen molar-refractivity contribution in [2.75, 3.05) is 0 Å². The second-order valence-corrected chi connectivity index (χ2v) is 16.2. The normalized spacial score (nSPS) is 25.4. The summed E-state index contributed by atoms with van der Waals surface area (Å²) in [6.45, 7) is 18.0. The minimum atomic E-state index is 0.0546. The van der Waals surface area contributed by atoms with Crippen molar-refractivity contribution < 1.29 is 20.4 Å². The van der Waals surface area contributed by atoms with Crippen LogP contribution >= 0.6 is 0 Å². The lowest BCUT2D eigenvalue weighted by molar-refractivity contribution is 0.191. The summed E-state index contributed by atoms with van der Waals surface area (Å²) in [4.78, 5) is 0. The Morgan fingerprint density at radius 3 is 1.28 bits per heavy atom. The van der Waals surface area contributed by atoms with Crippen molar-refractivity contribution in [2.24, 2.45) is 35.5 Å². The van der Waals surface area contributed by atoms with Gasteiger partial charge in [0, 0.05) is 22.3 Å². The third-order valence-electron chi connectivity index (χ3n) is 11.9. The topological polar surface area (TPSA) is 80.9 Å². The molecular weight excluding hydrogens is 568 g/mol. The van der Waals surface area contributed by atoms with E-state index in [1.54, 1.807) is 0 Å². The monoisotopic (exact) mass is 634 g/mol. The fourth-order valence-corrected chi connectivity index (χ4v) is 9.33. The van der Waals surface area contributed by atoms with E-state index >= 15 is 0 Å². The first kappa shape index (κ1) is 36.5. The maximum atomic E-state index is 12.5. The van der Waals surface area contributed by atoms with E-state index in [2.05, 4.69) is 55.4 Å². The molecular formula is C42H66O4. The van der Waals surface area contributed by atoms with Crippen molar-refractivity contribution in [3.63, 3.8) is 0 Å². The number of phenolic OH excluding ortho intramolecular Hbond substituents is 4. The zero-order valence-electron chi connectivity index (χ0n) is 30.5. The van der Waals surface area contributed by atoms with Crippen LogP contribution in [0.4, 0.5) is 0 Å². The lowest BCUT2D eigenvalue weighted by atomic mass is 9.66. The van der Waals surface area contributed by atoms with Crippen molar-refractivity contribution >= 4 is 0 Å². The molecule has 4 heteroatoms. The Morgan fingerprint density at radius 1 is 0.587 bits per heavy atom. The highest BCUT2D eigenvalue weighted by Crippen LogP contribution is 2.57. The average Bonchev–Trinajstić information content (AvgIpc) is 2.98. The lowest BCUT2D eigenvalue weighted by Gasteiger charge is -2.39. The summed E-state index contributed by atoms with van der Waals surface area (Å²) in [7, 11) is 0. The fourth-order valence-electron chi connectivity index (χ4n) is 9.33. The second-order valence-electron chi connectivity index (χ2n) is 16.2. The van der Waals surface area contributed by atoms with Crippen molar-refractivity contribution in [2.45, 2.75) is 157 Å². The molecule has 2 saturated carbocycles. The SMILES string of the molecule is CCCCCc1cc(O)c([C@@H]2C[C@H](C)CC[C@H]2C(C)C)c(O)c1-c1c(CCCCC)cc(O)c([C@@H]2C[C@H](C)CC[C@H]2C(C)C)c1O. The molecule has 0 heterocycles. The van der Waals surface area contributed by atoms with Gasteiger partial charge < -0.3 is 20.4 Å². The van der Waals surface area contributed by atoms with Gasteiger partial charge in [0.15, 0.2) is 0 Å². The van der Waals surface area contributed by atoms with E-state index in [0.717, 1.165) is 88.2 Å². The number of aromatic hydroxyl groups is 4. The molecule has 258 valence electrons. The Bertz CT molecular complexity index is 1190. The quantitative estimate of drug-likeness (QED) is 0.165. The number of aryl methyl sites for hydroxylation is 2. The van der Waals surface area contributed by atoms with E-state index in [9.17, 15) is 20.4 Å². The van der Waals surface area contributed by atoms with E-state index in [0.29, 0.717) is 57.8 Å². The summed E-state index contributed by atoms with van der Waals surface area (Å²) in [5.41, 5.74) is 4.52. The van der Waals surface area contributed by atoms with E-state index in [-0.39, 0.29) is 34.8 Å². The molecule has 0 aliphatic heterocycles. The summed E-state index contributed by atoms with van der Waals surface area (Å²) in [6, 6.07) is 3.83. The second kappa shape index (κ2) is 16.2. The molecule has 2 fully saturated rings. The molecule has 0 amide bonds. The van der Waals surface area contributed by atoms with Gasteiger partial charge in [-0.25, -0.2) is 0 Å². The zero-order valence-corrected chi connectivity index (χ0v) is 30.5. The van der Waals surface area contributed by atoms with E-state index in [1.807, 2.05) is 12.1 Å². The Balaban J connectivity index is 2.03. The highest BCUT2D eigenvalue weighted by molar-refractivity contribution is 5.86. The molecule has 2 aromatic rings. The standard InChI is InChI=1S/C42H66O4/c1-9-11-13-15-29-23-35(43)39(33-21-27(7)17-19-31(33)25(3)4)41(45)37(29)38-30(16-14-12-10-2)24-36(44)40(42(38)46)34-22-28(8)18-20-32(34)26(5)6/h23-28,31-34,43-46H,9-22H2,1-8H3/t27-,28-,31+,32+,33-,34-/m1/s1. The average molecular weight is 635 g/mol. The molecule has 46 heavy (non-hydrogen) atoms. The number of benzene rings is 2. The molecule has 0 bridgehead atoms. The number of phenols is 4. The highest BCUT2D eigenvalue weighted by Gasteiger charge is 2.39. The molecule has 0 radical (unpaired) electrons. The van der Waals surface area contributed by atoms with Gasteiger partial charge in [0.1, 0.15) is 23.0 Å². The van der Waals surface area contributed by atoms with Crippen molar-refractivity contribution in [1.82, 2.24) is 0 Å². The highest BCUT2D eigenvalue weighted by atomic mass is 16.3. The summed E-state index contributed by atoms with van der Waals surface area (Å²) in [5, 5.41) is 48.5. The Morgan fingerprint density at radius 2 is 0.957 bits per heavy atom. The van der Waals surface area contributed by atoms with Crippen LogP contribution in [-0.2, 0) is 12.8 Å². The van der Waals surface area contributed by atoms with E-state index in [1.165, 1.54) is 12.8 Å². The van der Waals surface area contributed by atoms with Gasteiger partial charge >= 0.3 is 0 Å². The van der Waals surface area contributed by atoms with Crippen LogP contribution < -0.4 is 0 Å². The number of unbranched alkanes of at least 4 members (excludes halogenated alkanes) is 4. The predicted octanol–water partition coefficient (Wildman–Crippen LogP) is 12.0. The largest absolute Gasteiger partial charge is 0.508 e. The first-order valence-corrected chi connectivity index (χ1v) is 19.1. The smallest absolute Gasteiger partial charge is 0.131 e. The predicted molar refractivity (Wildman–Crippen MR) is 193 cm³/mol. The summed E-state index contributed by atoms with van der Waals surface area (Å²) in [5.74, 6) is 3.45. The van der Waals surface area contributed by atoms with E-state index in [4.69, 9.17) is 0 Å². The lowest BCUT2D eigenvalue weighted by Crippen LogP contribution is -2.26. The maximum absolute atomic E-state index is 12.5. The minimum Gasteiger partial charge on any atom is -0.508 e. The molecule has 4 rings (SSSR count). The molecule has 4 nitrogen and oxygen atoms in total. The fraction of sp³-hybridized carbons (Fsp3) is 0.714. The first-order chi connectivity index (χ1) is 21.9. The van der Waals surface area contributed by atoms with Crippen LogP contribution in [0.2, 0.25) is 0 Å². The van der Waals surface area contributed by atoms with Crippen molar-refractivity contribution in [1.29, 1.82) is 0 Å². The van der Waals surface area contributed by atoms with Gasteiger partial charge in [-0.05, 0) is 122 Å². The Labute approximate surface area is 281 Å². The van der Waals surface area contributed by atoms with Crippen LogP contribution in [0.15, 0.2) is 12.1 Å². The molecule has 0 unspecified atom stereocenters.